The summed E-state index contributed by atoms with van der Waals surface area (Å²) in [5.41, 5.74) is 9.05. The van der Waals surface area contributed by atoms with E-state index in [0.29, 0.717) is 29.5 Å². The molecule has 0 bridgehead atoms. The number of ether oxygens (including phenoxy) is 1. The third-order valence-corrected chi connectivity index (χ3v) is 5.40. The first kappa shape index (κ1) is 21.6. The summed E-state index contributed by atoms with van der Waals surface area (Å²) in [6.45, 7) is 5.87. The molecular weight excluding hydrogens is 404 g/mol. The highest BCUT2D eigenvalue weighted by Gasteiger charge is 2.12. The summed E-state index contributed by atoms with van der Waals surface area (Å²) in [6, 6.07) is 12.9. The van der Waals surface area contributed by atoms with E-state index in [0.717, 1.165) is 23.5 Å². The smallest absolute Gasteiger partial charge is 0.256 e. The summed E-state index contributed by atoms with van der Waals surface area (Å²) in [5, 5.41) is 5.94. The highest BCUT2D eigenvalue weighted by molar-refractivity contribution is 6.05. The van der Waals surface area contributed by atoms with Gasteiger partial charge in [-0.2, -0.15) is 0 Å². The predicted octanol–water partition coefficient (Wildman–Crippen LogP) is 3.84. The minimum atomic E-state index is -0.251. The van der Waals surface area contributed by atoms with E-state index in [2.05, 4.69) is 25.5 Å². The first-order valence-electron chi connectivity index (χ1n) is 10.8. The SMILES string of the molecule is Cc1ccc(N)cc1C(=O)Nc1cnc(Nc2ccc(OCCN3CCCC3)cc2)nc1. The van der Waals surface area contributed by atoms with Crippen molar-refractivity contribution in [3.63, 3.8) is 0 Å². The van der Waals surface area contributed by atoms with E-state index >= 15 is 0 Å². The average Bonchev–Trinajstić information content (AvgIpc) is 3.31. The van der Waals surface area contributed by atoms with Gasteiger partial charge in [0.1, 0.15) is 12.4 Å². The standard InChI is InChI=1S/C24H28N6O2/c1-17-4-5-18(25)14-22(17)23(31)28-20-15-26-24(27-16-20)29-19-6-8-21(9-7-19)32-13-12-30-10-2-3-11-30/h4-9,14-16H,2-3,10-13,25H2,1H3,(H,28,31)(H,26,27,29). The van der Waals surface area contributed by atoms with Gasteiger partial charge in [0.25, 0.3) is 5.91 Å². The quantitative estimate of drug-likeness (QED) is 0.465. The number of rotatable bonds is 8. The molecular formula is C24H28N6O2. The fourth-order valence-corrected chi connectivity index (χ4v) is 3.60. The Labute approximate surface area is 187 Å². The molecule has 8 nitrogen and oxygen atoms in total. The van der Waals surface area contributed by atoms with Crippen LogP contribution in [-0.4, -0.2) is 47.0 Å². The summed E-state index contributed by atoms with van der Waals surface area (Å²) < 4.78 is 5.83. The maximum absolute atomic E-state index is 12.5. The van der Waals surface area contributed by atoms with Crippen LogP contribution in [0.2, 0.25) is 0 Å². The average molecular weight is 433 g/mol. The molecule has 0 unspecified atom stereocenters. The molecule has 1 fully saturated rings. The van der Waals surface area contributed by atoms with Crippen molar-refractivity contribution in [3.05, 3.63) is 66.0 Å². The number of carbonyl (C=O) groups is 1. The van der Waals surface area contributed by atoms with E-state index in [1.54, 1.807) is 24.5 Å². The molecule has 2 heterocycles. The fourth-order valence-electron chi connectivity index (χ4n) is 3.60. The lowest BCUT2D eigenvalue weighted by molar-refractivity contribution is 0.102. The summed E-state index contributed by atoms with van der Waals surface area (Å²) in [4.78, 5) is 23.5. The molecule has 0 atom stereocenters. The zero-order valence-corrected chi connectivity index (χ0v) is 18.2. The van der Waals surface area contributed by atoms with Crippen molar-refractivity contribution in [2.75, 3.05) is 42.6 Å². The zero-order chi connectivity index (χ0) is 22.3. The Morgan fingerprint density at radius 2 is 1.78 bits per heavy atom. The van der Waals surface area contributed by atoms with Crippen LogP contribution < -0.4 is 21.1 Å². The predicted molar refractivity (Wildman–Crippen MR) is 126 cm³/mol. The number of carbonyl (C=O) groups excluding carboxylic acids is 1. The number of anilines is 4. The molecule has 0 saturated carbocycles. The molecule has 1 aliphatic heterocycles. The third-order valence-electron chi connectivity index (χ3n) is 5.40. The van der Waals surface area contributed by atoms with E-state index in [9.17, 15) is 4.79 Å². The van der Waals surface area contributed by atoms with Gasteiger partial charge >= 0.3 is 0 Å². The Balaban J connectivity index is 1.28. The van der Waals surface area contributed by atoms with E-state index in [1.165, 1.54) is 25.9 Å². The molecule has 1 amide bonds. The molecule has 4 rings (SSSR count). The second-order valence-corrected chi connectivity index (χ2v) is 7.87. The lowest BCUT2D eigenvalue weighted by Crippen LogP contribution is -2.25. The van der Waals surface area contributed by atoms with Gasteiger partial charge in [0.05, 0.1) is 18.1 Å². The van der Waals surface area contributed by atoms with Crippen LogP contribution in [-0.2, 0) is 0 Å². The van der Waals surface area contributed by atoms with E-state index in [1.807, 2.05) is 37.3 Å². The van der Waals surface area contributed by atoms with Crippen LogP contribution in [0.3, 0.4) is 0 Å². The highest BCUT2D eigenvalue weighted by atomic mass is 16.5. The Hall–Kier alpha value is -3.65. The number of amides is 1. The second-order valence-electron chi connectivity index (χ2n) is 7.87. The lowest BCUT2D eigenvalue weighted by atomic mass is 10.1. The summed E-state index contributed by atoms with van der Waals surface area (Å²) >= 11 is 0. The van der Waals surface area contributed by atoms with Crippen LogP contribution in [0.25, 0.3) is 0 Å². The molecule has 32 heavy (non-hydrogen) atoms. The Kier molecular flexibility index (Phi) is 6.81. The molecule has 1 saturated heterocycles. The molecule has 0 spiro atoms. The Morgan fingerprint density at radius 3 is 2.50 bits per heavy atom. The van der Waals surface area contributed by atoms with Gasteiger partial charge in [0.2, 0.25) is 5.95 Å². The first-order chi connectivity index (χ1) is 15.6. The summed E-state index contributed by atoms with van der Waals surface area (Å²) in [5.74, 6) is 1.02. The molecule has 3 aromatic rings. The number of hydrogen-bond acceptors (Lipinski definition) is 7. The van der Waals surface area contributed by atoms with Gasteiger partial charge in [-0.1, -0.05) is 6.07 Å². The maximum Gasteiger partial charge on any atom is 0.256 e. The van der Waals surface area contributed by atoms with E-state index in [4.69, 9.17) is 10.5 Å². The third kappa shape index (κ3) is 5.73. The van der Waals surface area contributed by atoms with Crippen LogP contribution in [0, 0.1) is 6.92 Å². The maximum atomic E-state index is 12.5. The molecule has 2 aromatic carbocycles. The fraction of sp³-hybridized carbons (Fsp3) is 0.292. The molecule has 166 valence electrons. The van der Waals surface area contributed by atoms with Crippen LogP contribution in [0.1, 0.15) is 28.8 Å². The number of nitrogens with one attached hydrogen (secondary N) is 2. The Morgan fingerprint density at radius 1 is 1.06 bits per heavy atom. The van der Waals surface area contributed by atoms with Crippen LogP contribution in [0.15, 0.2) is 54.9 Å². The number of nitrogens with two attached hydrogens (primary N) is 1. The van der Waals surface area contributed by atoms with Crippen molar-refractivity contribution >= 4 is 28.9 Å². The number of likely N-dealkylation sites (tertiary alicyclic amines) is 1. The van der Waals surface area contributed by atoms with Gasteiger partial charge in [-0.05, 0) is 74.8 Å². The molecule has 0 aliphatic carbocycles. The normalized spacial score (nSPS) is 13.7. The number of nitrogen functional groups attached to an aromatic ring is 1. The van der Waals surface area contributed by atoms with Gasteiger partial charge in [-0.25, -0.2) is 9.97 Å². The number of benzene rings is 2. The minimum absolute atomic E-state index is 0.251. The molecule has 8 heteroatoms. The molecule has 1 aliphatic rings. The highest BCUT2D eigenvalue weighted by Crippen LogP contribution is 2.19. The van der Waals surface area contributed by atoms with Crippen LogP contribution in [0.5, 0.6) is 5.75 Å². The van der Waals surface area contributed by atoms with E-state index in [-0.39, 0.29) is 5.91 Å². The van der Waals surface area contributed by atoms with Gasteiger partial charge < -0.3 is 21.1 Å². The molecule has 1 aromatic heterocycles. The van der Waals surface area contributed by atoms with Crippen molar-refractivity contribution < 1.29 is 9.53 Å². The van der Waals surface area contributed by atoms with Crippen LogP contribution >= 0.6 is 0 Å². The molecule has 0 radical (unpaired) electrons. The largest absolute Gasteiger partial charge is 0.492 e. The van der Waals surface area contributed by atoms with Gasteiger partial charge in [-0.3, -0.25) is 9.69 Å². The Bertz CT molecular complexity index is 1050. The van der Waals surface area contributed by atoms with Gasteiger partial charge in [0, 0.05) is 23.5 Å². The number of nitrogens with zero attached hydrogens (tertiary/aromatic N) is 3. The lowest BCUT2D eigenvalue weighted by Gasteiger charge is -2.15. The van der Waals surface area contributed by atoms with Gasteiger partial charge in [0.15, 0.2) is 0 Å². The second kappa shape index (κ2) is 10.1. The van der Waals surface area contributed by atoms with Crippen molar-refractivity contribution in [1.29, 1.82) is 0 Å². The molecule has 4 N–H and O–H groups in total. The van der Waals surface area contributed by atoms with Crippen molar-refractivity contribution in [2.24, 2.45) is 0 Å². The van der Waals surface area contributed by atoms with Gasteiger partial charge in [-0.15, -0.1) is 0 Å². The number of aromatic nitrogens is 2. The van der Waals surface area contributed by atoms with Crippen molar-refractivity contribution in [3.8, 4) is 5.75 Å². The summed E-state index contributed by atoms with van der Waals surface area (Å²) in [6.07, 6.45) is 5.70. The van der Waals surface area contributed by atoms with Crippen molar-refractivity contribution in [2.45, 2.75) is 19.8 Å². The van der Waals surface area contributed by atoms with E-state index < -0.39 is 0 Å². The van der Waals surface area contributed by atoms with Crippen LogP contribution in [0.4, 0.5) is 23.0 Å². The monoisotopic (exact) mass is 432 g/mol. The van der Waals surface area contributed by atoms with Crippen molar-refractivity contribution in [1.82, 2.24) is 14.9 Å². The topological polar surface area (TPSA) is 105 Å². The summed E-state index contributed by atoms with van der Waals surface area (Å²) in [7, 11) is 0. The number of hydrogen-bond donors (Lipinski definition) is 3. The first-order valence-corrected chi connectivity index (χ1v) is 10.8. The number of aryl methyl sites for hydroxylation is 1. The minimum Gasteiger partial charge on any atom is -0.492 e. The zero-order valence-electron chi connectivity index (χ0n) is 18.2.